The van der Waals surface area contributed by atoms with Crippen LogP contribution in [0.2, 0.25) is 0 Å². The van der Waals surface area contributed by atoms with Crippen molar-refractivity contribution in [3.05, 3.63) is 101 Å². The summed E-state index contributed by atoms with van der Waals surface area (Å²) in [5.74, 6) is 0.816. The first-order valence-corrected chi connectivity index (χ1v) is 8.68. The highest BCUT2D eigenvalue weighted by atomic mass is 16.5. The summed E-state index contributed by atoms with van der Waals surface area (Å²) in [6.07, 6.45) is 6.80. The number of hydrogen-bond acceptors (Lipinski definition) is 2. The summed E-state index contributed by atoms with van der Waals surface area (Å²) in [5.41, 5.74) is 4.93. The maximum Gasteiger partial charge on any atom is 0.189 e. The number of methoxy groups -OCH3 is 1. The van der Waals surface area contributed by atoms with Crippen LogP contribution < -0.4 is 9.30 Å². The zero-order chi connectivity index (χ0) is 17.9. The van der Waals surface area contributed by atoms with E-state index in [2.05, 4.69) is 22.9 Å². The van der Waals surface area contributed by atoms with Crippen LogP contribution in [0.5, 0.6) is 5.75 Å². The molecule has 1 aromatic heterocycles. The van der Waals surface area contributed by atoms with E-state index in [1.165, 1.54) is 5.56 Å². The Morgan fingerprint density at radius 2 is 1.92 bits per heavy atom. The number of pyridine rings is 1. The van der Waals surface area contributed by atoms with Gasteiger partial charge in [0.15, 0.2) is 24.7 Å². The number of allylic oxidation sites excluding steroid dienone is 1. The largest absolute Gasteiger partial charge is 0.497 e. The van der Waals surface area contributed by atoms with E-state index >= 15 is 0 Å². The Bertz CT molecular complexity index is 990. The smallest absolute Gasteiger partial charge is 0.189 e. The second kappa shape index (κ2) is 6.96. The molecular weight excluding hydrogens is 322 g/mol. The van der Waals surface area contributed by atoms with Crippen molar-refractivity contribution in [2.45, 2.75) is 13.0 Å². The van der Waals surface area contributed by atoms with Gasteiger partial charge in [-0.15, -0.1) is 0 Å². The van der Waals surface area contributed by atoms with E-state index in [0.717, 1.165) is 34.6 Å². The van der Waals surface area contributed by atoms with E-state index in [-0.39, 0.29) is 5.78 Å². The van der Waals surface area contributed by atoms with Gasteiger partial charge in [-0.1, -0.05) is 36.4 Å². The van der Waals surface area contributed by atoms with Crippen molar-refractivity contribution in [1.82, 2.24) is 0 Å². The van der Waals surface area contributed by atoms with Crippen LogP contribution in [0.4, 0.5) is 0 Å². The molecule has 2 aromatic carbocycles. The Balaban J connectivity index is 1.59. The first-order chi connectivity index (χ1) is 12.7. The third-order valence-electron chi connectivity index (χ3n) is 4.66. The van der Waals surface area contributed by atoms with Gasteiger partial charge in [-0.05, 0) is 29.8 Å². The van der Waals surface area contributed by atoms with Crippen molar-refractivity contribution < 1.29 is 14.1 Å². The summed E-state index contributed by atoms with van der Waals surface area (Å²) < 4.78 is 7.37. The second-order valence-corrected chi connectivity index (χ2v) is 6.49. The number of carbonyl (C=O) groups is 1. The monoisotopic (exact) mass is 342 g/mol. The lowest BCUT2D eigenvalue weighted by Gasteiger charge is -2.01. The third-order valence-corrected chi connectivity index (χ3v) is 4.66. The topological polar surface area (TPSA) is 30.2 Å². The number of carbonyl (C=O) groups excluding carboxylic acids is 1. The molecule has 0 atom stereocenters. The Morgan fingerprint density at radius 3 is 2.73 bits per heavy atom. The van der Waals surface area contributed by atoms with Gasteiger partial charge in [0.2, 0.25) is 0 Å². The molecule has 3 aromatic rings. The third kappa shape index (κ3) is 3.29. The highest BCUT2D eigenvalue weighted by Gasteiger charge is 2.25. The lowest BCUT2D eigenvalue weighted by molar-refractivity contribution is -0.688. The fraction of sp³-hybridized carbons (Fsp3) is 0.130. The van der Waals surface area contributed by atoms with Crippen molar-refractivity contribution in [3.63, 3.8) is 0 Å². The van der Waals surface area contributed by atoms with E-state index in [0.29, 0.717) is 6.42 Å². The Hall–Kier alpha value is -3.20. The number of hydrogen-bond donors (Lipinski definition) is 0. The molecule has 0 aliphatic heterocycles. The fourth-order valence-electron chi connectivity index (χ4n) is 3.34. The van der Waals surface area contributed by atoms with Crippen molar-refractivity contribution in [1.29, 1.82) is 0 Å². The molecule has 0 saturated carbocycles. The first-order valence-electron chi connectivity index (χ1n) is 8.68. The predicted octanol–water partition coefficient (Wildman–Crippen LogP) is 3.85. The van der Waals surface area contributed by atoms with Crippen LogP contribution in [-0.4, -0.2) is 12.9 Å². The summed E-state index contributed by atoms with van der Waals surface area (Å²) in [4.78, 5) is 12.7. The highest BCUT2D eigenvalue weighted by molar-refractivity contribution is 6.15. The average Bonchev–Trinajstić information content (AvgIpc) is 2.98. The molecule has 3 nitrogen and oxygen atoms in total. The van der Waals surface area contributed by atoms with Crippen molar-refractivity contribution >= 4 is 11.9 Å². The molecule has 0 fully saturated rings. The predicted molar refractivity (Wildman–Crippen MR) is 101 cm³/mol. The van der Waals surface area contributed by atoms with E-state index < -0.39 is 0 Å². The molecule has 0 radical (unpaired) electrons. The van der Waals surface area contributed by atoms with Gasteiger partial charge < -0.3 is 4.74 Å². The van der Waals surface area contributed by atoms with E-state index in [1.807, 2.05) is 60.8 Å². The van der Waals surface area contributed by atoms with Gasteiger partial charge in [-0.2, -0.15) is 0 Å². The standard InChI is InChI=1S/C23H20NO2/c1-26-21-10-9-19-13-20(23(25)22(19)14-21)12-18-8-5-11-24(16-18)15-17-6-3-2-4-7-17/h2-12,14,16H,13,15H2,1H3/q+1. The zero-order valence-corrected chi connectivity index (χ0v) is 14.7. The number of nitrogens with zero attached hydrogens (tertiary/aromatic N) is 1. The Morgan fingerprint density at radius 1 is 1.08 bits per heavy atom. The molecule has 0 unspecified atom stereocenters. The molecule has 1 aliphatic rings. The van der Waals surface area contributed by atoms with Crippen LogP contribution in [-0.2, 0) is 13.0 Å². The van der Waals surface area contributed by atoms with Gasteiger partial charge in [0.25, 0.3) is 0 Å². The Kier molecular flexibility index (Phi) is 4.36. The highest BCUT2D eigenvalue weighted by Crippen LogP contribution is 2.30. The first kappa shape index (κ1) is 16.3. The number of ether oxygens (including phenoxy) is 1. The molecule has 0 saturated heterocycles. The molecular formula is C23H20NO2+. The van der Waals surface area contributed by atoms with Crippen molar-refractivity contribution in [3.8, 4) is 5.75 Å². The summed E-state index contributed by atoms with van der Waals surface area (Å²) in [5, 5.41) is 0. The lowest BCUT2D eigenvalue weighted by atomic mass is 10.1. The van der Waals surface area contributed by atoms with Gasteiger partial charge in [-0.25, -0.2) is 4.57 Å². The molecule has 26 heavy (non-hydrogen) atoms. The molecule has 128 valence electrons. The quantitative estimate of drug-likeness (QED) is 0.532. The maximum absolute atomic E-state index is 12.7. The summed E-state index contributed by atoms with van der Waals surface area (Å²) in [6, 6.07) is 20.1. The van der Waals surface area contributed by atoms with Gasteiger partial charge in [-0.3, -0.25) is 4.79 Å². The molecule has 1 aliphatic carbocycles. The van der Waals surface area contributed by atoms with Gasteiger partial charge in [0, 0.05) is 34.8 Å². The summed E-state index contributed by atoms with van der Waals surface area (Å²) >= 11 is 0. The van der Waals surface area contributed by atoms with Crippen LogP contribution in [0, 0.1) is 0 Å². The average molecular weight is 342 g/mol. The maximum atomic E-state index is 12.7. The van der Waals surface area contributed by atoms with Crippen LogP contribution in [0.25, 0.3) is 6.08 Å². The van der Waals surface area contributed by atoms with Crippen LogP contribution in [0.1, 0.15) is 27.0 Å². The molecule has 1 heterocycles. The van der Waals surface area contributed by atoms with Crippen LogP contribution >= 0.6 is 0 Å². The van der Waals surface area contributed by atoms with Crippen molar-refractivity contribution in [2.24, 2.45) is 0 Å². The van der Waals surface area contributed by atoms with Gasteiger partial charge in [0.1, 0.15) is 5.75 Å². The minimum absolute atomic E-state index is 0.0948. The van der Waals surface area contributed by atoms with E-state index in [4.69, 9.17) is 4.74 Å². The normalized spacial score (nSPS) is 14.5. The number of benzene rings is 2. The van der Waals surface area contributed by atoms with Gasteiger partial charge >= 0.3 is 0 Å². The molecule has 3 heteroatoms. The van der Waals surface area contributed by atoms with Gasteiger partial charge in [0.05, 0.1) is 7.11 Å². The summed E-state index contributed by atoms with van der Waals surface area (Å²) in [7, 11) is 1.62. The second-order valence-electron chi connectivity index (χ2n) is 6.49. The van der Waals surface area contributed by atoms with E-state index in [9.17, 15) is 4.79 Å². The molecule has 0 N–H and O–H groups in total. The SMILES string of the molecule is COc1ccc2c(c1)C(=O)C(=Cc1ccc[n+](Cc3ccccc3)c1)C2. The fourth-order valence-corrected chi connectivity index (χ4v) is 3.34. The lowest BCUT2D eigenvalue weighted by Crippen LogP contribution is -2.33. The number of fused-ring (bicyclic) bond motifs is 1. The van der Waals surface area contributed by atoms with Crippen molar-refractivity contribution in [2.75, 3.05) is 7.11 Å². The Labute approximate surface area is 153 Å². The van der Waals surface area contributed by atoms with E-state index in [1.54, 1.807) is 7.11 Å². The minimum Gasteiger partial charge on any atom is -0.497 e. The minimum atomic E-state index is 0.0948. The summed E-state index contributed by atoms with van der Waals surface area (Å²) in [6.45, 7) is 0.809. The zero-order valence-electron chi connectivity index (χ0n) is 14.7. The molecule has 4 rings (SSSR count). The number of Topliss-reactive ketones (excluding diaryl/α,β-unsaturated/α-hetero) is 1. The number of ketones is 1. The van der Waals surface area contributed by atoms with Crippen LogP contribution in [0.3, 0.4) is 0 Å². The molecule has 0 bridgehead atoms. The number of aromatic nitrogens is 1. The van der Waals surface area contributed by atoms with Crippen LogP contribution in [0.15, 0.2) is 78.6 Å². The molecule has 0 spiro atoms. The number of rotatable bonds is 4. The molecule has 0 amide bonds.